The molecule has 5 nitrogen and oxygen atoms in total. The summed E-state index contributed by atoms with van der Waals surface area (Å²) in [4.78, 5) is 14.7. The van der Waals surface area contributed by atoms with Gasteiger partial charge in [0.05, 0.1) is 5.41 Å². The number of benzene rings is 1. The van der Waals surface area contributed by atoms with E-state index in [0.717, 1.165) is 11.1 Å². The van der Waals surface area contributed by atoms with Gasteiger partial charge >= 0.3 is 6.18 Å². The van der Waals surface area contributed by atoms with E-state index in [1.54, 1.807) is 31.2 Å². The van der Waals surface area contributed by atoms with Crippen molar-refractivity contribution in [2.45, 2.75) is 57.7 Å². The van der Waals surface area contributed by atoms with E-state index < -0.39 is 23.4 Å². The van der Waals surface area contributed by atoms with Gasteiger partial charge in [0.2, 0.25) is 5.91 Å². The number of halogens is 3. The lowest BCUT2D eigenvalue weighted by Gasteiger charge is -2.28. The van der Waals surface area contributed by atoms with Gasteiger partial charge in [-0.1, -0.05) is 6.07 Å². The maximum Gasteiger partial charge on any atom is 0.395 e. The number of hydrogen-bond donors (Lipinski definition) is 2. The number of hydrogen-bond acceptors (Lipinski definition) is 4. The van der Waals surface area contributed by atoms with Crippen LogP contribution in [0.1, 0.15) is 47.8 Å². The summed E-state index contributed by atoms with van der Waals surface area (Å²) in [5.41, 5.74) is 0.0876. The van der Waals surface area contributed by atoms with E-state index in [-0.39, 0.29) is 36.8 Å². The number of aryl methyl sites for hydroxylation is 2. The third kappa shape index (κ3) is 5.28. The van der Waals surface area contributed by atoms with Crippen molar-refractivity contribution < 1.29 is 27.5 Å². The van der Waals surface area contributed by atoms with E-state index >= 15 is 0 Å². The summed E-state index contributed by atoms with van der Waals surface area (Å²) >= 11 is 0. The van der Waals surface area contributed by atoms with Crippen LogP contribution in [0.2, 0.25) is 0 Å². The molecular formula is C24H31F3N2O3. The van der Waals surface area contributed by atoms with E-state index in [2.05, 4.69) is 5.32 Å². The zero-order valence-corrected chi connectivity index (χ0v) is 18.9. The predicted octanol–water partition coefficient (Wildman–Crippen LogP) is 4.71. The van der Waals surface area contributed by atoms with Crippen LogP contribution in [0, 0.1) is 19.3 Å². The zero-order valence-electron chi connectivity index (χ0n) is 18.9. The lowest BCUT2D eigenvalue weighted by molar-refractivity contribution is -0.196. The first-order valence-corrected chi connectivity index (χ1v) is 10.8. The highest BCUT2D eigenvalue weighted by Gasteiger charge is 2.68. The first-order valence-electron chi connectivity index (χ1n) is 10.8. The largest absolute Gasteiger partial charge is 0.508 e. The molecule has 0 radical (unpaired) electrons. The molecule has 1 aromatic heterocycles. The van der Waals surface area contributed by atoms with Crippen molar-refractivity contribution in [2.75, 3.05) is 20.6 Å². The number of carbonyl (C=O) groups is 1. The molecule has 176 valence electrons. The molecule has 2 unspecified atom stereocenters. The zero-order chi connectivity index (χ0) is 23.7. The number of likely N-dealkylation sites (N-methyl/N-ethyl adjacent to an activating group) is 1. The maximum atomic E-state index is 13.8. The molecule has 1 heterocycles. The van der Waals surface area contributed by atoms with Crippen LogP contribution in [0.3, 0.4) is 0 Å². The third-order valence-corrected chi connectivity index (χ3v) is 6.56. The van der Waals surface area contributed by atoms with Gasteiger partial charge in [-0.3, -0.25) is 4.79 Å². The highest BCUT2D eigenvalue weighted by molar-refractivity contribution is 5.77. The number of furan rings is 1. The lowest BCUT2D eigenvalue weighted by atomic mass is 9.83. The fraction of sp³-hybridized carbons (Fsp3) is 0.542. The quantitative estimate of drug-likeness (QED) is 0.579. The first-order chi connectivity index (χ1) is 14.9. The Kier molecular flexibility index (Phi) is 6.93. The van der Waals surface area contributed by atoms with E-state index in [1.807, 2.05) is 32.0 Å². The monoisotopic (exact) mass is 452 g/mol. The van der Waals surface area contributed by atoms with Crippen LogP contribution in [0.5, 0.6) is 5.75 Å². The van der Waals surface area contributed by atoms with E-state index in [0.29, 0.717) is 18.7 Å². The molecule has 1 aliphatic carbocycles. The second-order valence-electron chi connectivity index (χ2n) is 9.10. The normalized spacial score (nSPS) is 17.2. The number of nitrogens with one attached hydrogen (secondary N) is 1. The lowest BCUT2D eigenvalue weighted by Crippen LogP contribution is -2.42. The van der Waals surface area contributed by atoms with Crippen molar-refractivity contribution in [1.29, 1.82) is 0 Å². The molecule has 0 spiro atoms. The van der Waals surface area contributed by atoms with Gasteiger partial charge in [-0.25, -0.2) is 0 Å². The Balaban J connectivity index is 1.69. The van der Waals surface area contributed by atoms with Crippen LogP contribution in [-0.4, -0.2) is 48.8 Å². The summed E-state index contributed by atoms with van der Waals surface area (Å²) in [6.45, 7) is 3.89. The fourth-order valence-corrected chi connectivity index (χ4v) is 4.26. The van der Waals surface area contributed by atoms with Gasteiger partial charge in [0.1, 0.15) is 17.3 Å². The molecule has 1 saturated carbocycles. The standard InChI is InChI=1S/C24H31F3N2O3/c1-15-11-19(30)7-6-17(15)12-18(29(3)4)14-28-22(31)13-20(21-8-5-16(2)32-21)23(9-10-23)24(25,26)27/h5-8,11,18,20,30H,9-10,12-14H2,1-4H3,(H,28,31). The minimum absolute atomic E-state index is 0.00858. The summed E-state index contributed by atoms with van der Waals surface area (Å²) in [7, 11) is 3.79. The minimum atomic E-state index is -4.39. The molecule has 2 N–H and O–H groups in total. The van der Waals surface area contributed by atoms with Gasteiger partial charge < -0.3 is 19.7 Å². The summed E-state index contributed by atoms with van der Waals surface area (Å²) in [6.07, 6.45) is -4.01. The van der Waals surface area contributed by atoms with Gasteiger partial charge in [-0.15, -0.1) is 0 Å². The molecule has 1 amide bonds. The molecule has 8 heteroatoms. The molecule has 0 bridgehead atoms. The number of aromatic hydroxyl groups is 1. The Hall–Kier alpha value is -2.48. The van der Waals surface area contributed by atoms with Crippen molar-refractivity contribution in [3.63, 3.8) is 0 Å². The number of amides is 1. The van der Waals surface area contributed by atoms with Crippen molar-refractivity contribution in [3.05, 3.63) is 53.0 Å². The van der Waals surface area contributed by atoms with Gasteiger partial charge in [0.15, 0.2) is 0 Å². The molecule has 1 aromatic carbocycles. The highest BCUT2D eigenvalue weighted by atomic mass is 19.4. The number of nitrogens with zero attached hydrogens (tertiary/aromatic N) is 1. The smallest absolute Gasteiger partial charge is 0.395 e. The van der Waals surface area contributed by atoms with Gasteiger partial charge in [0.25, 0.3) is 0 Å². The van der Waals surface area contributed by atoms with E-state index in [9.17, 15) is 23.1 Å². The second-order valence-corrected chi connectivity index (χ2v) is 9.10. The highest BCUT2D eigenvalue weighted by Crippen LogP contribution is 2.66. The molecule has 3 rings (SSSR count). The van der Waals surface area contributed by atoms with Crippen LogP contribution in [0.25, 0.3) is 0 Å². The molecule has 0 aliphatic heterocycles. The van der Waals surface area contributed by atoms with Crippen molar-refractivity contribution >= 4 is 5.91 Å². The Labute approximate surface area is 186 Å². The van der Waals surface area contributed by atoms with Crippen LogP contribution in [0.15, 0.2) is 34.7 Å². The number of carbonyl (C=O) groups excluding carboxylic acids is 1. The van der Waals surface area contributed by atoms with Crippen LogP contribution < -0.4 is 5.32 Å². The molecule has 2 aromatic rings. The van der Waals surface area contributed by atoms with Crippen molar-refractivity contribution in [1.82, 2.24) is 10.2 Å². The number of rotatable bonds is 9. The van der Waals surface area contributed by atoms with Gasteiger partial charge in [-0.05, 0) is 82.6 Å². The molecule has 32 heavy (non-hydrogen) atoms. The third-order valence-electron chi connectivity index (χ3n) is 6.56. The topological polar surface area (TPSA) is 65.7 Å². The summed E-state index contributed by atoms with van der Waals surface area (Å²) in [5.74, 6) is -0.516. The molecule has 1 fully saturated rings. The van der Waals surface area contributed by atoms with E-state index in [1.165, 1.54) is 0 Å². The maximum absolute atomic E-state index is 13.8. The van der Waals surface area contributed by atoms with Crippen LogP contribution >= 0.6 is 0 Å². The first kappa shape index (κ1) is 24.2. The van der Waals surface area contributed by atoms with Crippen LogP contribution in [0.4, 0.5) is 13.2 Å². The van der Waals surface area contributed by atoms with Crippen molar-refractivity contribution in [3.8, 4) is 5.75 Å². The summed E-state index contributed by atoms with van der Waals surface area (Å²) in [5, 5.41) is 12.4. The number of alkyl halides is 3. The Morgan fingerprint density at radius 1 is 1.22 bits per heavy atom. The molecular weight excluding hydrogens is 421 g/mol. The second kappa shape index (κ2) is 9.17. The average Bonchev–Trinajstić information content (AvgIpc) is 3.40. The van der Waals surface area contributed by atoms with E-state index in [4.69, 9.17) is 4.42 Å². The summed E-state index contributed by atoms with van der Waals surface area (Å²) in [6, 6.07) is 8.28. The molecule has 1 aliphatic rings. The van der Waals surface area contributed by atoms with Gasteiger partial charge in [-0.2, -0.15) is 13.2 Å². The summed E-state index contributed by atoms with van der Waals surface area (Å²) < 4.78 is 47.0. The average molecular weight is 453 g/mol. The molecule has 0 saturated heterocycles. The fourth-order valence-electron chi connectivity index (χ4n) is 4.26. The SMILES string of the molecule is Cc1ccc(C(CC(=O)NCC(Cc2ccc(O)cc2C)N(C)C)C2(C(F)(F)F)CC2)o1. The van der Waals surface area contributed by atoms with Crippen LogP contribution in [-0.2, 0) is 11.2 Å². The predicted molar refractivity (Wildman–Crippen MR) is 116 cm³/mol. The Morgan fingerprint density at radius 2 is 1.91 bits per heavy atom. The number of phenolic OH excluding ortho intramolecular Hbond substituents is 1. The number of phenols is 1. The van der Waals surface area contributed by atoms with Gasteiger partial charge in [0, 0.05) is 24.9 Å². The van der Waals surface area contributed by atoms with Crippen molar-refractivity contribution in [2.24, 2.45) is 5.41 Å². The minimum Gasteiger partial charge on any atom is -0.508 e. The Morgan fingerprint density at radius 3 is 2.41 bits per heavy atom. The molecule has 2 atom stereocenters. The Bertz CT molecular complexity index is 948.